The third-order valence-electron chi connectivity index (χ3n) is 6.09. The van der Waals surface area contributed by atoms with Gasteiger partial charge in [0.15, 0.2) is 0 Å². The number of nitrogens with one attached hydrogen (secondary N) is 4. The fraction of sp³-hybridized carbons (Fsp3) is 0.462. The van der Waals surface area contributed by atoms with Crippen LogP contribution in [0.3, 0.4) is 0 Å². The summed E-state index contributed by atoms with van der Waals surface area (Å²) in [4.78, 5) is 47.4. The molecule has 2 amide bonds. The van der Waals surface area contributed by atoms with Gasteiger partial charge in [0, 0.05) is 47.9 Å². The van der Waals surface area contributed by atoms with Crippen LogP contribution in [0.2, 0.25) is 0 Å². The van der Waals surface area contributed by atoms with Gasteiger partial charge in [0.05, 0.1) is 19.9 Å². The molecular formula is C26H35N5O4. The number of benzene rings is 1. The highest BCUT2D eigenvalue weighted by Crippen LogP contribution is 2.26. The number of ether oxygens (including phenoxy) is 1. The van der Waals surface area contributed by atoms with Crippen LogP contribution in [-0.2, 0) is 27.2 Å². The van der Waals surface area contributed by atoms with Crippen molar-refractivity contribution >= 4 is 28.5 Å². The molecule has 1 unspecified atom stereocenters. The Balaban J connectivity index is 1.62. The summed E-state index contributed by atoms with van der Waals surface area (Å²) < 4.78 is 5.34. The molecule has 9 heteroatoms. The minimum absolute atomic E-state index is 0.154. The first-order valence-electron chi connectivity index (χ1n) is 12.1. The van der Waals surface area contributed by atoms with Gasteiger partial charge in [-0.1, -0.05) is 12.8 Å². The molecule has 0 aliphatic rings. The van der Waals surface area contributed by atoms with Crippen molar-refractivity contribution in [1.82, 2.24) is 25.6 Å². The third kappa shape index (κ3) is 7.70. The zero-order valence-electron chi connectivity index (χ0n) is 20.7. The SMILES string of the molecule is COc1ccc2[nH]c(C)c(CC(=O)NC(CCCCCC(C)=O)C(=O)NCCc3cnc[nH]3)c2c1. The number of hydrogen-bond donors (Lipinski definition) is 4. The number of aryl methyl sites for hydroxylation is 1. The maximum absolute atomic E-state index is 13.0. The second-order valence-electron chi connectivity index (χ2n) is 8.86. The smallest absolute Gasteiger partial charge is 0.242 e. The molecule has 2 aromatic heterocycles. The van der Waals surface area contributed by atoms with Crippen LogP contribution in [-0.4, -0.2) is 52.2 Å². The molecule has 1 aromatic carbocycles. The Morgan fingerprint density at radius 3 is 2.71 bits per heavy atom. The van der Waals surface area contributed by atoms with Gasteiger partial charge in [-0.25, -0.2) is 4.98 Å². The topological polar surface area (TPSA) is 129 Å². The van der Waals surface area contributed by atoms with E-state index in [1.165, 1.54) is 0 Å². The quantitative estimate of drug-likeness (QED) is 0.263. The highest BCUT2D eigenvalue weighted by Gasteiger charge is 2.22. The largest absolute Gasteiger partial charge is 0.497 e. The predicted molar refractivity (Wildman–Crippen MR) is 134 cm³/mol. The number of nitrogens with zero attached hydrogens (tertiary/aromatic N) is 1. The molecule has 0 saturated heterocycles. The first-order chi connectivity index (χ1) is 16.9. The number of carbonyl (C=O) groups excluding carboxylic acids is 3. The number of amides is 2. The summed E-state index contributed by atoms with van der Waals surface area (Å²) >= 11 is 0. The third-order valence-corrected chi connectivity index (χ3v) is 6.09. The number of unbranched alkanes of at least 4 members (excludes halogenated alkanes) is 2. The lowest BCUT2D eigenvalue weighted by Gasteiger charge is -2.19. The lowest BCUT2D eigenvalue weighted by Crippen LogP contribution is -2.47. The van der Waals surface area contributed by atoms with Crippen LogP contribution < -0.4 is 15.4 Å². The van der Waals surface area contributed by atoms with Crippen molar-refractivity contribution in [3.05, 3.63) is 47.7 Å². The number of aromatic amines is 2. The molecule has 0 bridgehead atoms. The Morgan fingerprint density at radius 1 is 1.17 bits per heavy atom. The molecular weight excluding hydrogens is 446 g/mol. The molecule has 35 heavy (non-hydrogen) atoms. The van der Waals surface area contributed by atoms with Gasteiger partial charge in [0.1, 0.15) is 17.6 Å². The van der Waals surface area contributed by atoms with Gasteiger partial charge in [-0.2, -0.15) is 0 Å². The molecule has 4 N–H and O–H groups in total. The van der Waals surface area contributed by atoms with Gasteiger partial charge >= 0.3 is 0 Å². The monoisotopic (exact) mass is 481 g/mol. The van der Waals surface area contributed by atoms with Gasteiger partial charge < -0.3 is 30.1 Å². The molecule has 188 valence electrons. The van der Waals surface area contributed by atoms with E-state index in [2.05, 4.69) is 25.6 Å². The Kier molecular flexibility index (Phi) is 9.46. The van der Waals surface area contributed by atoms with Crippen molar-refractivity contribution in [1.29, 1.82) is 0 Å². The van der Waals surface area contributed by atoms with E-state index in [4.69, 9.17) is 4.74 Å². The highest BCUT2D eigenvalue weighted by molar-refractivity contribution is 5.93. The summed E-state index contributed by atoms with van der Waals surface area (Å²) in [5.41, 5.74) is 3.66. The average Bonchev–Trinajstić information content (AvgIpc) is 3.45. The fourth-order valence-corrected chi connectivity index (χ4v) is 4.16. The van der Waals surface area contributed by atoms with E-state index >= 15 is 0 Å². The number of Topliss-reactive ketones (excluding diaryl/α,β-unsaturated/α-hetero) is 1. The molecule has 9 nitrogen and oxygen atoms in total. The van der Waals surface area contributed by atoms with Gasteiger partial charge in [-0.3, -0.25) is 9.59 Å². The highest BCUT2D eigenvalue weighted by atomic mass is 16.5. The Bertz CT molecular complexity index is 1140. The molecule has 0 aliphatic carbocycles. The molecule has 0 radical (unpaired) electrons. The number of imidazole rings is 1. The summed E-state index contributed by atoms with van der Waals surface area (Å²) in [7, 11) is 1.61. The minimum Gasteiger partial charge on any atom is -0.497 e. The maximum Gasteiger partial charge on any atom is 0.242 e. The molecule has 0 aliphatic heterocycles. The minimum atomic E-state index is -0.637. The molecule has 0 spiro atoms. The van der Waals surface area contributed by atoms with E-state index in [-0.39, 0.29) is 24.0 Å². The van der Waals surface area contributed by atoms with Crippen molar-refractivity contribution in [3.63, 3.8) is 0 Å². The number of ketones is 1. The number of hydrogen-bond acceptors (Lipinski definition) is 5. The van der Waals surface area contributed by atoms with Crippen LogP contribution in [0.15, 0.2) is 30.7 Å². The Hall–Kier alpha value is -3.62. The first kappa shape index (κ1) is 26.0. The van der Waals surface area contributed by atoms with Crippen LogP contribution in [0.4, 0.5) is 0 Å². The number of carbonyl (C=O) groups is 3. The van der Waals surface area contributed by atoms with Gasteiger partial charge in [0.2, 0.25) is 11.8 Å². The first-order valence-corrected chi connectivity index (χ1v) is 12.1. The number of aromatic nitrogens is 3. The molecule has 3 aromatic rings. The lowest BCUT2D eigenvalue weighted by atomic mass is 10.0. The van der Waals surface area contributed by atoms with E-state index in [0.717, 1.165) is 52.9 Å². The fourth-order valence-electron chi connectivity index (χ4n) is 4.16. The molecule has 2 heterocycles. The predicted octanol–water partition coefficient (Wildman–Crippen LogP) is 3.13. The van der Waals surface area contributed by atoms with Crippen molar-refractivity contribution in [3.8, 4) is 5.75 Å². The Morgan fingerprint density at radius 2 is 2.00 bits per heavy atom. The maximum atomic E-state index is 13.0. The summed E-state index contributed by atoms with van der Waals surface area (Å²) in [6.45, 7) is 3.96. The van der Waals surface area contributed by atoms with Crippen molar-refractivity contribution in [2.75, 3.05) is 13.7 Å². The number of H-pyrrole nitrogens is 2. The van der Waals surface area contributed by atoms with Crippen LogP contribution in [0.25, 0.3) is 10.9 Å². The number of methoxy groups -OCH3 is 1. The van der Waals surface area contributed by atoms with E-state index < -0.39 is 6.04 Å². The average molecular weight is 482 g/mol. The van der Waals surface area contributed by atoms with E-state index in [9.17, 15) is 14.4 Å². The lowest BCUT2D eigenvalue weighted by molar-refractivity contribution is -0.128. The van der Waals surface area contributed by atoms with Crippen LogP contribution in [0.5, 0.6) is 5.75 Å². The molecule has 1 atom stereocenters. The number of fused-ring (bicyclic) bond motifs is 1. The molecule has 0 fully saturated rings. The zero-order valence-corrected chi connectivity index (χ0v) is 20.7. The molecule has 3 rings (SSSR count). The standard InChI is InChI=1S/C26H35N5O4/c1-17(32)7-5-4-6-8-24(26(34)28-12-11-19-15-27-16-29-19)31-25(33)14-21-18(2)30-23-10-9-20(35-3)13-22(21)23/h9-10,13,15-16,24,30H,4-8,11-12,14H2,1-3H3,(H,27,29)(H,28,34)(H,31,33). The van der Waals surface area contributed by atoms with Gasteiger partial charge in [0.25, 0.3) is 0 Å². The van der Waals surface area contributed by atoms with E-state index in [0.29, 0.717) is 25.8 Å². The van der Waals surface area contributed by atoms with Crippen LogP contribution in [0, 0.1) is 6.92 Å². The van der Waals surface area contributed by atoms with Gasteiger partial charge in [-0.15, -0.1) is 0 Å². The Labute approximate surface area is 205 Å². The molecule has 0 saturated carbocycles. The van der Waals surface area contributed by atoms with Crippen LogP contribution in [0.1, 0.15) is 56.0 Å². The summed E-state index contributed by atoms with van der Waals surface area (Å²) in [5, 5.41) is 6.79. The van der Waals surface area contributed by atoms with Crippen molar-refractivity contribution < 1.29 is 19.1 Å². The van der Waals surface area contributed by atoms with Crippen molar-refractivity contribution in [2.45, 2.75) is 64.8 Å². The zero-order chi connectivity index (χ0) is 25.2. The second-order valence-corrected chi connectivity index (χ2v) is 8.86. The van der Waals surface area contributed by atoms with E-state index in [1.54, 1.807) is 26.6 Å². The van der Waals surface area contributed by atoms with Crippen LogP contribution >= 0.6 is 0 Å². The summed E-state index contributed by atoms with van der Waals surface area (Å²) in [6.07, 6.45) is 7.51. The van der Waals surface area contributed by atoms with E-state index in [1.807, 2.05) is 25.1 Å². The number of rotatable bonds is 14. The summed E-state index contributed by atoms with van der Waals surface area (Å²) in [6, 6.07) is 5.08. The second kappa shape index (κ2) is 12.7. The normalized spacial score (nSPS) is 11.9. The van der Waals surface area contributed by atoms with Gasteiger partial charge in [-0.05, 0) is 50.5 Å². The summed E-state index contributed by atoms with van der Waals surface area (Å²) in [5.74, 6) is 0.464. The van der Waals surface area contributed by atoms with Crippen molar-refractivity contribution in [2.24, 2.45) is 0 Å².